The number of benzene rings is 8. The van der Waals surface area contributed by atoms with Crippen LogP contribution in [0.1, 0.15) is 71.4 Å². The van der Waals surface area contributed by atoms with Crippen molar-refractivity contribution in [3.8, 4) is 46.2 Å². The second-order valence-electron chi connectivity index (χ2n) is 26.0. The van der Waals surface area contributed by atoms with Gasteiger partial charge in [-0.15, -0.1) is 0 Å². The van der Waals surface area contributed by atoms with Crippen molar-refractivity contribution in [2.75, 3.05) is 70.5 Å². The Morgan fingerprint density at radius 2 is 1.03 bits per heavy atom. The minimum atomic E-state index is -0.992. The third-order valence-electron chi connectivity index (χ3n) is 17.4. The Bertz CT molecular complexity index is 5200. The molecule has 1 radical (unpaired) electrons. The predicted molar refractivity (Wildman–Crippen MR) is 419 cm³/mol. The molecule has 565 valence electrons. The van der Waals surface area contributed by atoms with E-state index in [9.17, 15) is 14.7 Å². The van der Waals surface area contributed by atoms with E-state index in [0.29, 0.717) is 101 Å². The molecule has 2 N–H and O–H groups in total. The summed E-state index contributed by atoms with van der Waals surface area (Å²) in [6.07, 6.45) is 2.45. The predicted octanol–water partition coefficient (Wildman–Crippen LogP) is 17.5. The second kappa shape index (κ2) is 40.6. The summed E-state index contributed by atoms with van der Waals surface area (Å²) in [5.41, 5.74) is 11.5. The molecule has 3 atom stereocenters. The molecule has 0 fully saturated rings. The summed E-state index contributed by atoms with van der Waals surface area (Å²) in [5.74, 6) is 4.49. The van der Waals surface area contributed by atoms with Crippen molar-refractivity contribution >= 4 is 80.7 Å². The zero-order valence-electron chi connectivity index (χ0n) is 62.4. The minimum absolute atomic E-state index is 0. The Morgan fingerprint density at radius 3 is 1.57 bits per heavy atom. The zero-order valence-corrected chi connectivity index (χ0v) is 66.9. The topological polar surface area (TPSA) is 281 Å². The van der Waals surface area contributed by atoms with E-state index in [1.165, 1.54) is 5.56 Å². The molecule has 0 amide bonds. The summed E-state index contributed by atoms with van der Waals surface area (Å²) < 4.78 is 62.5. The number of aryl methyl sites for hydroxylation is 3. The summed E-state index contributed by atoms with van der Waals surface area (Å²) in [7, 11) is 5.35. The van der Waals surface area contributed by atoms with Crippen molar-refractivity contribution in [2.45, 2.75) is 84.2 Å². The van der Waals surface area contributed by atoms with Crippen molar-refractivity contribution in [1.29, 1.82) is 5.26 Å². The Kier molecular flexibility index (Phi) is 30.2. The van der Waals surface area contributed by atoms with E-state index < -0.39 is 24.0 Å². The van der Waals surface area contributed by atoms with E-state index in [2.05, 4.69) is 51.1 Å². The number of aromatic nitrogens is 4. The van der Waals surface area contributed by atoms with Crippen LogP contribution in [0, 0.1) is 72.4 Å². The van der Waals surface area contributed by atoms with Gasteiger partial charge >= 0.3 is 11.9 Å². The number of carboxylic acid groups (broad SMARTS) is 2. The number of anilines is 2. The van der Waals surface area contributed by atoms with E-state index in [0.717, 1.165) is 113 Å². The van der Waals surface area contributed by atoms with Gasteiger partial charge in [0.2, 0.25) is 11.8 Å². The van der Waals surface area contributed by atoms with E-state index in [1.807, 2.05) is 226 Å². The molecule has 0 saturated carbocycles. The molecule has 14 rings (SSSR count). The number of likely N-dealkylation sites (N-methyl/N-ethyl adjacent to an activating group) is 2. The molecule has 14 aromatic rings. The van der Waals surface area contributed by atoms with E-state index >= 15 is 0 Å². The summed E-state index contributed by atoms with van der Waals surface area (Å²) in [4.78, 5) is 44.2. The van der Waals surface area contributed by atoms with Gasteiger partial charge in [0, 0.05) is 110 Å². The Morgan fingerprint density at radius 1 is 0.509 bits per heavy atom. The van der Waals surface area contributed by atoms with Crippen LogP contribution in [0.2, 0.25) is 0 Å². The number of oxazole rings is 4. The quantitative estimate of drug-likeness (QED) is 0.0301. The largest absolute Gasteiger partial charge is 0.789 e. The molecule has 22 nitrogen and oxygen atoms in total. The maximum Gasteiger partial charge on any atom is 0.333 e. The maximum atomic E-state index is 11.3. The number of nitriles is 1. The molecule has 0 aliphatic rings. The molecular weight excluding hydrogens is 1540 g/mol. The van der Waals surface area contributed by atoms with Crippen LogP contribution in [0.5, 0.6) is 17.2 Å². The van der Waals surface area contributed by atoms with Crippen LogP contribution < -0.4 is 24.0 Å². The van der Waals surface area contributed by atoms with Crippen LogP contribution in [-0.4, -0.2) is 114 Å². The van der Waals surface area contributed by atoms with Crippen LogP contribution in [0.4, 0.5) is 12.0 Å². The fourth-order valence-electron chi connectivity index (χ4n) is 11.5. The molecule has 0 aliphatic carbocycles. The first kappa shape index (κ1) is 81.8. The van der Waals surface area contributed by atoms with Crippen LogP contribution in [0.15, 0.2) is 233 Å². The molecule has 0 saturated heterocycles. The van der Waals surface area contributed by atoms with Gasteiger partial charge in [-0.1, -0.05) is 105 Å². The Labute approximate surface area is 676 Å². The van der Waals surface area contributed by atoms with Crippen molar-refractivity contribution in [3.05, 3.63) is 257 Å². The minimum Gasteiger partial charge on any atom is -0.789 e. The van der Waals surface area contributed by atoms with Crippen molar-refractivity contribution in [2.24, 2.45) is 5.92 Å². The number of ether oxygens (including phenoxy) is 5. The zero-order chi connectivity index (χ0) is 76.6. The van der Waals surface area contributed by atoms with E-state index in [-0.39, 0.29) is 59.6 Å². The number of methoxy groups -OCH3 is 1. The number of nitrogens with zero attached hydrogens (tertiary/aromatic N) is 7. The second-order valence-corrected chi connectivity index (χ2v) is 26.8. The number of rotatable bonds is 31. The third-order valence-corrected chi connectivity index (χ3v) is 17.6. The summed E-state index contributed by atoms with van der Waals surface area (Å²) in [6.45, 7) is 10.7. The van der Waals surface area contributed by atoms with Gasteiger partial charge in [-0.3, -0.25) is 4.79 Å². The fourth-order valence-corrected chi connectivity index (χ4v) is 11.7. The number of fused-ring (bicyclic) bond motifs is 4. The summed E-state index contributed by atoms with van der Waals surface area (Å²) >= 11 is 5.29. The molecule has 24 heteroatoms. The van der Waals surface area contributed by atoms with Gasteiger partial charge in [0.1, 0.15) is 88.0 Å². The van der Waals surface area contributed by atoms with Gasteiger partial charge < -0.3 is 82.8 Å². The maximum absolute atomic E-state index is 11.3. The monoisotopic (exact) mass is 1630 g/mol. The molecule has 0 spiro atoms. The number of hydrogen-bond acceptors (Lipinski definition) is 21. The Hall–Kier alpha value is -10.7. The van der Waals surface area contributed by atoms with Gasteiger partial charge in [0.25, 0.3) is 12.0 Å². The normalized spacial score (nSPS) is 11.8. The molecule has 8 aromatic carbocycles. The summed E-state index contributed by atoms with van der Waals surface area (Å²) in [6, 6.07) is 69.2. The molecule has 6 aromatic heterocycles. The van der Waals surface area contributed by atoms with Crippen LogP contribution in [0.3, 0.4) is 0 Å². The number of furan rings is 2. The molecule has 110 heavy (non-hydrogen) atoms. The SMILES string of the molecule is CC(Cc1ccc(OCCN(C)c2nc3ccccc3o2)cc1)C(=O)O.COCCOC(Cc1ccc(OCCN(C)c2nc3ccccc3o2)cc1)C(=O)O.Cc1oc(-c2ccccc2)nc1COc1ccc2cc(CCC#N)oc2c1.Cc1oc(-c2ccccc2)nc1Cc1cc2cc(CC(C)[S-])ccc2o1.[Pr]. The standard InChI is InChI=1S/C22H26N2O6.C22H18N2O3.C22H21NO2S.C20H22N2O4.Pr/c1-24(22-23-18-5-3-4-6-19(18)30-22)11-12-28-17-9-7-16(8-10-17)15-20(21(25)26)29-14-13-27-2;1-15-20(24-22(26-15)16-6-3-2-4-7-16)14-25-18-10-9-17-12-19(8-5-11-23)27-21(17)13-18;1-14(26)10-16-8-9-21-18(11-16)12-19(25-21)13-20-15(2)24-22(23-20)17-6-4-3-5-7-17;1-14(19(23)24)13-15-7-9-16(10-8-15)25-12-11-22(2)20-21-17-5-3-4-6-18(17)26-20;/h3-10,20H,11-15H2,1-2H3,(H,25,26);2-4,6-7,9-10,12-13H,5,8,14H2,1H3;3-9,11-12,14,26H,10,13H2,1-2H3;3-10,14H,11-13H2,1-2H3,(H,23,24);/p-1. The van der Waals surface area contributed by atoms with Gasteiger partial charge in [-0.05, 0) is 153 Å². The van der Waals surface area contributed by atoms with Gasteiger partial charge in [0.05, 0.1) is 50.4 Å². The van der Waals surface area contributed by atoms with Crippen molar-refractivity contribution in [3.63, 3.8) is 0 Å². The fraction of sp³-hybridized carbons (Fsp3) is 0.267. The first-order valence-electron chi connectivity index (χ1n) is 35.8. The first-order chi connectivity index (χ1) is 52.9. The van der Waals surface area contributed by atoms with Gasteiger partial charge in [-0.2, -0.15) is 20.5 Å². The third kappa shape index (κ3) is 23.6. The molecule has 3 unspecified atom stereocenters. The van der Waals surface area contributed by atoms with Crippen molar-refractivity contribution < 1.29 is 111 Å². The molecule has 0 bridgehead atoms. The van der Waals surface area contributed by atoms with Crippen LogP contribution in [0.25, 0.3) is 67.0 Å². The van der Waals surface area contributed by atoms with Gasteiger partial charge in [-0.25, -0.2) is 14.8 Å². The number of aliphatic carboxylic acids is 2. The van der Waals surface area contributed by atoms with Crippen LogP contribution >= 0.6 is 0 Å². The average molecular weight is 1630 g/mol. The van der Waals surface area contributed by atoms with Gasteiger partial charge in [0.15, 0.2) is 17.3 Å². The summed E-state index contributed by atoms with van der Waals surface area (Å²) in [5, 5.41) is 29.3. The molecule has 6 heterocycles. The smallest absolute Gasteiger partial charge is 0.333 e. The number of carbonyl (C=O) groups is 2. The molecule has 0 aliphatic heterocycles. The number of carboxylic acids is 2. The van der Waals surface area contributed by atoms with E-state index in [1.54, 1.807) is 14.0 Å². The first-order valence-corrected chi connectivity index (χ1v) is 36.2. The van der Waals surface area contributed by atoms with Crippen molar-refractivity contribution in [1.82, 2.24) is 19.9 Å². The molecular formula is C86H86N7O15PrS-. The Balaban J connectivity index is 0.000000156. The number of hydrogen-bond donors (Lipinski definition) is 2. The number of para-hydroxylation sites is 4. The van der Waals surface area contributed by atoms with Crippen LogP contribution in [-0.2, 0) is 70.4 Å². The van der Waals surface area contributed by atoms with E-state index in [4.69, 9.17) is 73.2 Å². The average Bonchev–Trinajstić information content (AvgIpc) is 1.66.